The van der Waals surface area contributed by atoms with E-state index in [0.29, 0.717) is 5.41 Å². The van der Waals surface area contributed by atoms with Gasteiger partial charge in [0.05, 0.1) is 0 Å². The van der Waals surface area contributed by atoms with Crippen LogP contribution in [-0.2, 0) is 0 Å². The molecule has 0 aromatic carbocycles. The third-order valence-corrected chi connectivity index (χ3v) is 8.26. The molecule has 0 radical (unpaired) electrons. The Morgan fingerprint density at radius 1 is 1.08 bits per heavy atom. The summed E-state index contributed by atoms with van der Waals surface area (Å²) in [6.45, 7) is 12.9. The van der Waals surface area contributed by atoms with Gasteiger partial charge in [0.1, 0.15) is 0 Å². The van der Waals surface area contributed by atoms with Crippen molar-refractivity contribution in [2.45, 2.75) is 64.8 Å². The molecule has 3 unspecified atom stereocenters. The minimum atomic E-state index is 0.621. The first-order valence-corrected chi connectivity index (χ1v) is 10.8. The molecule has 0 aromatic heterocycles. The van der Waals surface area contributed by atoms with E-state index in [4.69, 9.17) is 0 Å². The van der Waals surface area contributed by atoms with Gasteiger partial charge in [0.15, 0.2) is 0 Å². The van der Waals surface area contributed by atoms with Crippen LogP contribution in [-0.4, -0.2) is 50.2 Å². The van der Waals surface area contributed by atoms with Crippen molar-refractivity contribution in [1.82, 2.24) is 15.5 Å². The number of rotatable bonds is 3. The molecule has 2 N–H and O–H groups in total. The van der Waals surface area contributed by atoms with Crippen LogP contribution in [0.25, 0.3) is 0 Å². The van der Waals surface area contributed by atoms with Crippen molar-refractivity contribution in [1.29, 1.82) is 0 Å². The van der Waals surface area contributed by atoms with Crippen LogP contribution in [0, 0.1) is 29.1 Å². The molecule has 4 fully saturated rings. The van der Waals surface area contributed by atoms with Gasteiger partial charge in [-0.25, -0.2) is 0 Å². The first-order valence-electron chi connectivity index (χ1n) is 10.8. The maximum atomic E-state index is 3.95. The number of piperidine rings is 2. The number of fused-ring (bicyclic) bond motifs is 2. The van der Waals surface area contributed by atoms with Crippen molar-refractivity contribution < 1.29 is 0 Å². The van der Waals surface area contributed by atoms with Crippen molar-refractivity contribution >= 4 is 0 Å². The largest absolute Gasteiger partial charge is 0.317 e. The Morgan fingerprint density at radius 3 is 2.71 bits per heavy atom. The van der Waals surface area contributed by atoms with E-state index < -0.39 is 0 Å². The molecule has 4 aliphatic rings. The Labute approximate surface area is 149 Å². The highest BCUT2D eigenvalue weighted by Gasteiger charge is 2.53. The third-order valence-electron chi connectivity index (χ3n) is 8.26. The van der Waals surface area contributed by atoms with Crippen molar-refractivity contribution in [2.75, 3.05) is 39.3 Å². The second-order valence-corrected chi connectivity index (χ2v) is 9.68. The van der Waals surface area contributed by atoms with Crippen LogP contribution in [0.2, 0.25) is 0 Å². The predicted molar refractivity (Wildman–Crippen MR) is 101 cm³/mol. The average Bonchev–Trinajstić information content (AvgIpc) is 2.96. The Hall–Kier alpha value is -0.120. The van der Waals surface area contributed by atoms with Gasteiger partial charge in [-0.15, -0.1) is 0 Å². The molecule has 24 heavy (non-hydrogen) atoms. The highest BCUT2D eigenvalue weighted by atomic mass is 15.1. The molecular weight excluding hydrogens is 294 g/mol. The third kappa shape index (κ3) is 3.29. The average molecular weight is 334 g/mol. The van der Waals surface area contributed by atoms with E-state index in [2.05, 4.69) is 29.4 Å². The number of hydrogen-bond acceptors (Lipinski definition) is 3. The van der Waals surface area contributed by atoms with Crippen LogP contribution < -0.4 is 10.6 Å². The highest BCUT2D eigenvalue weighted by Crippen LogP contribution is 2.52. The van der Waals surface area contributed by atoms with Crippen LogP contribution in [0.15, 0.2) is 0 Å². The summed E-state index contributed by atoms with van der Waals surface area (Å²) in [5.41, 5.74) is 0.621. The van der Waals surface area contributed by atoms with E-state index in [1.54, 1.807) is 0 Å². The summed E-state index contributed by atoms with van der Waals surface area (Å²) in [6.07, 6.45) is 10.1. The number of nitrogens with zero attached hydrogens (tertiary/aromatic N) is 1. The molecule has 3 saturated heterocycles. The van der Waals surface area contributed by atoms with Crippen LogP contribution in [0.3, 0.4) is 0 Å². The van der Waals surface area contributed by atoms with Gasteiger partial charge >= 0.3 is 0 Å². The fourth-order valence-electron chi connectivity index (χ4n) is 6.57. The molecule has 3 heterocycles. The lowest BCUT2D eigenvalue weighted by atomic mass is 9.59. The summed E-state index contributed by atoms with van der Waals surface area (Å²) in [4.78, 5) is 2.80. The van der Waals surface area contributed by atoms with Crippen molar-refractivity contribution in [3.63, 3.8) is 0 Å². The lowest BCUT2D eigenvalue weighted by Crippen LogP contribution is -2.51. The topological polar surface area (TPSA) is 27.3 Å². The zero-order valence-corrected chi connectivity index (χ0v) is 16.0. The first kappa shape index (κ1) is 17.3. The van der Waals surface area contributed by atoms with E-state index in [1.165, 1.54) is 84.2 Å². The van der Waals surface area contributed by atoms with Crippen LogP contribution >= 0.6 is 0 Å². The van der Waals surface area contributed by atoms with E-state index in [1.807, 2.05) is 0 Å². The SMILES string of the molecule is CC1CCC2C(C1)NC[C@@]21CCN(CCC2CCNCC2)C[C@@H]1C. The Morgan fingerprint density at radius 2 is 1.92 bits per heavy atom. The van der Waals surface area contributed by atoms with Gasteiger partial charge in [0, 0.05) is 19.1 Å². The van der Waals surface area contributed by atoms with Crippen LogP contribution in [0.4, 0.5) is 0 Å². The molecule has 1 saturated carbocycles. The summed E-state index contributed by atoms with van der Waals surface area (Å²) >= 11 is 0. The maximum Gasteiger partial charge on any atom is 0.0104 e. The van der Waals surface area contributed by atoms with Crippen molar-refractivity contribution in [3.05, 3.63) is 0 Å². The Balaban J connectivity index is 1.31. The quantitative estimate of drug-likeness (QED) is 0.831. The normalized spacial score (nSPS) is 44.8. The second kappa shape index (κ2) is 7.25. The minimum Gasteiger partial charge on any atom is -0.317 e. The van der Waals surface area contributed by atoms with Gasteiger partial charge in [-0.1, -0.05) is 20.3 Å². The van der Waals surface area contributed by atoms with Gasteiger partial charge in [-0.3, -0.25) is 0 Å². The molecular formula is C21H39N3. The van der Waals surface area contributed by atoms with E-state index in [0.717, 1.165) is 29.7 Å². The molecule has 0 aromatic rings. The molecule has 1 aliphatic carbocycles. The Bertz CT molecular complexity index is 419. The van der Waals surface area contributed by atoms with Gasteiger partial charge < -0.3 is 15.5 Å². The smallest absolute Gasteiger partial charge is 0.0104 e. The van der Waals surface area contributed by atoms with Gasteiger partial charge in [-0.2, -0.15) is 0 Å². The molecule has 0 bridgehead atoms. The highest BCUT2D eigenvalue weighted by molar-refractivity contribution is 5.07. The zero-order chi connectivity index (χ0) is 16.6. The second-order valence-electron chi connectivity index (χ2n) is 9.68. The van der Waals surface area contributed by atoms with Crippen LogP contribution in [0.5, 0.6) is 0 Å². The molecule has 4 rings (SSSR count). The molecule has 3 heteroatoms. The maximum absolute atomic E-state index is 3.95. The summed E-state index contributed by atoms with van der Waals surface area (Å²) in [7, 11) is 0. The monoisotopic (exact) mass is 333 g/mol. The van der Waals surface area contributed by atoms with Crippen LogP contribution in [0.1, 0.15) is 58.8 Å². The summed E-state index contributed by atoms with van der Waals surface area (Å²) < 4.78 is 0. The molecule has 0 amide bonds. The predicted octanol–water partition coefficient (Wildman–Crippen LogP) is 3.11. The fourth-order valence-corrected chi connectivity index (χ4v) is 6.57. The van der Waals surface area contributed by atoms with Crippen molar-refractivity contribution in [3.8, 4) is 0 Å². The standard InChI is InChI=1S/C21H39N3/c1-16-3-4-19-20(13-16)23-15-21(19)8-12-24(14-17(21)2)11-7-18-5-9-22-10-6-18/h16-20,22-23H,3-15H2,1-2H3/t16?,17-,19?,20?,21+/m0/s1. The lowest BCUT2D eigenvalue weighted by molar-refractivity contribution is 0.00220. The lowest BCUT2D eigenvalue weighted by Gasteiger charge is -2.50. The molecule has 1 spiro atoms. The fraction of sp³-hybridized carbons (Fsp3) is 1.00. The van der Waals surface area contributed by atoms with E-state index >= 15 is 0 Å². The number of nitrogens with one attached hydrogen (secondary N) is 2. The molecule has 3 nitrogen and oxygen atoms in total. The molecule has 3 aliphatic heterocycles. The molecule has 138 valence electrons. The van der Waals surface area contributed by atoms with E-state index in [-0.39, 0.29) is 0 Å². The summed E-state index contributed by atoms with van der Waals surface area (Å²) in [5.74, 6) is 3.76. The van der Waals surface area contributed by atoms with Gasteiger partial charge in [0.2, 0.25) is 0 Å². The van der Waals surface area contributed by atoms with Gasteiger partial charge in [0.25, 0.3) is 0 Å². The van der Waals surface area contributed by atoms with Gasteiger partial charge in [-0.05, 0) is 93.8 Å². The zero-order valence-electron chi connectivity index (χ0n) is 16.0. The van der Waals surface area contributed by atoms with Crippen molar-refractivity contribution in [2.24, 2.45) is 29.1 Å². The Kier molecular flexibility index (Phi) is 5.22. The first-order chi connectivity index (χ1) is 11.7. The number of likely N-dealkylation sites (tertiary alicyclic amines) is 1. The minimum absolute atomic E-state index is 0.621. The molecule has 5 atom stereocenters. The number of hydrogen-bond donors (Lipinski definition) is 2. The summed E-state index contributed by atoms with van der Waals surface area (Å²) in [6, 6.07) is 0.831. The van der Waals surface area contributed by atoms with E-state index in [9.17, 15) is 0 Å². The summed E-state index contributed by atoms with van der Waals surface area (Å²) in [5, 5.41) is 7.45.